The Labute approximate surface area is 118 Å². The Morgan fingerprint density at radius 1 is 1.30 bits per heavy atom. The zero-order valence-corrected chi connectivity index (χ0v) is 11.9. The monoisotopic (exact) mass is 277 g/mol. The second-order valence-electron chi connectivity index (χ2n) is 5.91. The molecule has 0 radical (unpaired) electrons. The van der Waals surface area contributed by atoms with Crippen LogP contribution in [0.4, 0.5) is 4.39 Å². The van der Waals surface area contributed by atoms with Gasteiger partial charge in [0.1, 0.15) is 5.82 Å². The fourth-order valence-electron chi connectivity index (χ4n) is 3.98. The predicted molar refractivity (Wildman–Crippen MR) is 73.8 cm³/mol. The molecule has 2 aliphatic heterocycles. The lowest BCUT2D eigenvalue weighted by Crippen LogP contribution is -2.49. The van der Waals surface area contributed by atoms with Crippen molar-refractivity contribution in [1.29, 1.82) is 0 Å². The van der Waals surface area contributed by atoms with Gasteiger partial charge in [-0.1, -0.05) is 12.1 Å². The van der Waals surface area contributed by atoms with Gasteiger partial charge in [-0.05, 0) is 44.0 Å². The molecule has 0 spiro atoms. The van der Waals surface area contributed by atoms with Crippen LogP contribution in [0.1, 0.15) is 30.7 Å². The van der Waals surface area contributed by atoms with Gasteiger partial charge in [0, 0.05) is 18.0 Å². The number of hydrogen-bond acceptors (Lipinski definition) is 3. The van der Waals surface area contributed by atoms with Gasteiger partial charge in [-0.15, -0.1) is 0 Å². The number of hydrogen-bond donors (Lipinski definition) is 0. The summed E-state index contributed by atoms with van der Waals surface area (Å²) < 4.78 is 18.1. The quantitative estimate of drug-likeness (QED) is 0.778. The van der Waals surface area contributed by atoms with E-state index >= 15 is 0 Å². The van der Waals surface area contributed by atoms with E-state index in [4.69, 9.17) is 4.74 Å². The third-order valence-corrected chi connectivity index (χ3v) is 5.04. The molecule has 1 unspecified atom stereocenters. The molecule has 3 rings (SSSR count). The highest BCUT2D eigenvalue weighted by molar-refractivity contribution is 5.75. The van der Waals surface area contributed by atoms with Crippen LogP contribution in [-0.4, -0.2) is 37.1 Å². The van der Waals surface area contributed by atoms with Crippen LogP contribution in [0.2, 0.25) is 0 Å². The molecule has 2 aliphatic rings. The minimum Gasteiger partial charge on any atom is -0.469 e. The molecule has 0 saturated carbocycles. The Morgan fingerprint density at radius 2 is 2.00 bits per heavy atom. The van der Waals surface area contributed by atoms with Crippen molar-refractivity contribution < 1.29 is 13.9 Å². The molecule has 1 aromatic rings. The van der Waals surface area contributed by atoms with Gasteiger partial charge >= 0.3 is 5.97 Å². The van der Waals surface area contributed by atoms with Crippen molar-refractivity contribution in [3.8, 4) is 0 Å². The first kappa shape index (κ1) is 13.6. The van der Waals surface area contributed by atoms with Crippen molar-refractivity contribution in [2.75, 3.05) is 14.2 Å². The standard InChI is InChI=1S/C16H20FNO2/c1-18-12-7-8-14(18)15(16(19)20-2)13(9-12)10-3-5-11(17)6-4-10/h3-6,12-15H,7-9H2,1-2H3/t12?,13-,14+,15-/m0/s1. The number of carbonyl (C=O) groups is 1. The van der Waals surface area contributed by atoms with Crippen LogP contribution in [0.25, 0.3) is 0 Å². The number of rotatable bonds is 2. The fourth-order valence-corrected chi connectivity index (χ4v) is 3.98. The topological polar surface area (TPSA) is 29.5 Å². The van der Waals surface area contributed by atoms with Crippen molar-refractivity contribution in [1.82, 2.24) is 4.90 Å². The van der Waals surface area contributed by atoms with E-state index in [9.17, 15) is 9.18 Å². The molecule has 0 amide bonds. The second-order valence-corrected chi connectivity index (χ2v) is 5.91. The maximum atomic E-state index is 13.1. The summed E-state index contributed by atoms with van der Waals surface area (Å²) in [6.45, 7) is 0. The fraction of sp³-hybridized carbons (Fsp3) is 0.562. The number of halogens is 1. The molecule has 0 aromatic heterocycles. The summed E-state index contributed by atoms with van der Waals surface area (Å²) in [6.07, 6.45) is 3.11. The van der Waals surface area contributed by atoms with Crippen LogP contribution < -0.4 is 0 Å². The lowest BCUT2D eigenvalue weighted by Gasteiger charge is -2.41. The van der Waals surface area contributed by atoms with E-state index in [0.29, 0.717) is 6.04 Å². The summed E-state index contributed by atoms with van der Waals surface area (Å²) in [5.74, 6) is -0.387. The zero-order valence-electron chi connectivity index (χ0n) is 11.9. The van der Waals surface area contributed by atoms with Crippen LogP contribution in [0.5, 0.6) is 0 Å². The number of piperidine rings is 1. The minimum atomic E-state index is -0.237. The predicted octanol–water partition coefficient (Wildman–Crippen LogP) is 2.57. The molecular weight excluding hydrogens is 257 g/mol. The molecule has 2 bridgehead atoms. The lowest BCUT2D eigenvalue weighted by molar-refractivity contribution is -0.150. The third-order valence-electron chi connectivity index (χ3n) is 5.04. The first-order valence-electron chi connectivity index (χ1n) is 7.17. The molecular formula is C16H20FNO2. The summed E-state index contributed by atoms with van der Waals surface area (Å²) >= 11 is 0. The van der Waals surface area contributed by atoms with E-state index in [0.717, 1.165) is 24.8 Å². The number of nitrogens with zero attached hydrogens (tertiary/aromatic N) is 1. The molecule has 108 valence electrons. The average molecular weight is 277 g/mol. The Morgan fingerprint density at radius 3 is 2.65 bits per heavy atom. The molecule has 2 heterocycles. The maximum absolute atomic E-state index is 13.1. The van der Waals surface area contributed by atoms with Crippen LogP contribution >= 0.6 is 0 Å². The summed E-state index contributed by atoms with van der Waals surface area (Å²) in [6, 6.07) is 7.34. The Bertz CT molecular complexity index is 502. The maximum Gasteiger partial charge on any atom is 0.310 e. The number of benzene rings is 1. The number of fused-ring (bicyclic) bond motifs is 2. The van der Waals surface area contributed by atoms with Gasteiger partial charge < -0.3 is 4.74 Å². The van der Waals surface area contributed by atoms with Crippen molar-refractivity contribution >= 4 is 5.97 Å². The average Bonchev–Trinajstić information content (AvgIpc) is 2.70. The molecule has 0 aliphatic carbocycles. The van der Waals surface area contributed by atoms with Crippen LogP contribution in [0.3, 0.4) is 0 Å². The molecule has 0 N–H and O–H groups in total. The molecule has 4 heteroatoms. The first-order valence-corrected chi connectivity index (χ1v) is 7.17. The molecule has 20 heavy (non-hydrogen) atoms. The molecule has 3 nitrogen and oxygen atoms in total. The van der Waals surface area contributed by atoms with E-state index < -0.39 is 0 Å². The number of carbonyl (C=O) groups excluding carboxylic acids is 1. The van der Waals surface area contributed by atoms with Crippen molar-refractivity contribution in [3.63, 3.8) is 0 Å². The zero-order chi connectivity index (χ0) is 14.3. The smallest absolute Gasteiger partial charge is 0.310 e. The van der Waals surface area contributed by atoms with E-state index in [2.05, 4.69) is 11.9 Å². The third kappa shape index (κ3) is 2.12. The first-order chi connectivity index (χ1) is 9.61. The number of methoxy groups -OCH3 is 1. The SMILES string of the molecule is COC(=O)[C@@H]1[C@H]2CCC(C[C@H]1c1ccc(F)cc1)N2C. The highest BCUT2D eigenvalue weighted by Crippen LogP contribution is 2.46. The summed E-state index contributed by atoms with van der Waals surface area (Å²) in [4.78, 5) is 14.5. The minimum absolute atomic E-state index is 0.136. The van der Waals surface area contributed by atoms with Crippen molar-refractivity contribution in [2.24, 2.45) is 5.92 Å². The number of ether oxygens (including phenoxy) is 1. The van der Waals surface area contributed by atoms with Crippen LogP contribution in [-0.2, 0) is 9.53 Å². The van der Waals surface area contributed by atoms with Gasteiger partial charge in [-0.25, -0.2) is 4.39 Å². The van der Waals surface area contributed by atoms with Gasteiger partial charge in [-0.3, -0.25) is 9.69 Å². The van der Waals surface area contributed by atoms with E-state index in [1.54, 1.807) is 12.1 Å². The van der Waals surface area contributed by atoms with Gasteiger partial charge in [0.15, 0.2) is 0 Å². The van der Waals surface area contributed by atoms with Crippen LogP contribution in [0.15, 0.2) is 24.3 Å². The lowest BCUT2D eigenvalue weighted by atomic mass is 9.76. The molecule has 4 atom stereocenters. The Kier molecular flexibility index (Phi) is 3.50. The van der Waals surface area contributed by atoms with Crippen LogP contribution in [0, 0.1) is 11.7 Å². The van der Waals surface area contributed by atoms with Gasteiger partial charge in [0.2, 0.25) is 0 Å². The summed E-state index contributed by atoms with van der Waals surface area (Å²) in [7, 11) is 3.55. The van der Waals surface area contributed by atoms with E-state index in [1.165, 1.54) is 19.2 Å². The molecule has 2 fully saturated rings. The summed E-state index contributed by atoms with van der Waals surface area (Å²) in [5, 5.41) is 0. The molecule has 2 saturated heterocycles. The number of esters is 1. The largest absolute Gasteiger partial charge is 0.469 e. The Hall–Kier alpha value is -1.42. The van der Waals surface area contributed by atoms with Gasteiger partial charge in [0.05, 0.1) is 13.0 Å². The second kappa shape index (κ2) is 5.17. The normalized spacial score (nSPS) is 33.1. The van der Waals surface area contributed by atoms with E-state index in [-0.39, 0.29) is 29.7 Å². The van der Waals surface area contributed by atoms with Gasteiger partial charge in [-0.2, -0.15) is 0 Å². The van der Waals surface area contributed by atoms with Gasteiger partial charge in [0.25, 0.3) is 0 Å². The molecule has 1 aromatic carbocycles. The summed E-state index contributed by atoms with van der Waals surface area (Å²) in [5.41, 5.74) is 1.05. The highest BCUT2D eigenvalue weighted by Gasteiger charge is 2.49. The van der Waals surface area contributed by atoms with E-state index in [1.807, 2.05) is 0 Å². The van der Waals surface area contributed by atoms with Crippen molar-refractivity contribution in [2.45, 2.75) is 37.3 Å². The Balaban J connectivity index is 1.95. The van der Waals surface area contributed by atoms with Crippen molar-refractivity contribution in [3.05, 3.63) is 35.6 Å². The highest BCUT2D eigenvalue weighted by atomic mass is 19.1.